The van der Waals surface area contributed by atoms with E-state index in [9.17, 15) is 4.79 Å². The summed E-state index contributed by atoms with van der Waals surface area (Å²) < 4.78 is 5.48. The molecule has 4 N–H and O–H groups in total. The summed E-state index contributed by atoms with van der Waals surface area (Å²) in [4.78, 5) is 11.0. The molecule has 5 nitrogen and oxygen atoms in total. The fourth-order valence-corrected chi connectivity index (χ4v) is 2.80. The second-order valence-electron chi connectivity index (χ2n) is 4.94. The molecular formula is C17H17ClIN3O2. The number of aryl methyl sites for hydroxylation is 1. The molecule has 0 heterocycles. The summed E-state index contributed by atoms with van der Waals surface area (Å²) in [7, 11) is 1.30. The third kappa shape index (κ3) is 4.76. The van der Waals surface area contributed by atoms with Gasteiger partial charge in [0.05, 0.1) is 29.3 Å². The van der Waals surface area contributed by atoms with E-state index in [-0.39, 0.29) is 0 Å². The number of anilines is 2. The largest absolute Gasteiger partial charge is 0.465 e. The SMILES string of the molecule is COC(=O)c1ccc(N)cc1Cl.Cc1cc(C#N)c(C)c(I)c1N. The fourth-order valence-electron chi connectivity index (χ4n) is 1.82. The number of nitrogens with zero attached hydrogens (tertiary/aromatic N) is 1. The number of nitriles is 1. The van der Waals surface area contributed by atoms with Gasteiger partial charge in [0.15, 0.2) is 0 Å². The molecular weight excluding hydrogens is 441 g/mol. The maximum Gasteiger partial charge on any atom is 0.339 e. The van der Waals surface area contributed by atoms with Crippen LogP contribution < -0.4 is 11.5 Å². The van der Waals surface area contributed by atoms with E-state index in [0.717, 1.165) is 20.4 Å². The molecule has 0 aromatic heterocycles. The third-order valence-electron chi connectivity index (χ3n) is 3.27. The van der Waals surface area contributed by atoms with Gasteiger partial charge in [0.2, 0.25) is 0 Å². The second-order valence-corrected chi connectivity index (χ2v) is 6.42. The van der Waals surface area contributed by atoms with Crippen molar-refractivity contribution in [3.05, 3.63) is 55.1 Å². The first-order valence-electron chi connectivity index (χ1n) is 6.81. The smallest absolute Gasteiger partial charge is 0.339 e. The number of rotatable bonds is 1. The summed E-state index contributed by atoms with van der Waals surface area (Å²) in [6.07, 6.45) is 0. The summed E-state index contributed by atoms with van der Waals surface area (Å²) >= 11 is 7.89. The molecule has 0 bridgehead atoms. The molecule has 0 saturated heterocycles. The summed E-state index contributed by atoms with van der Waals surface area (Å²) in [6.45, 7) is 3.83. The van der Waals surface area contributed by atoms with Crippen molar-refractivity contribution in [1.29, 1.82) is 5.26 Å². The van der Waals surface area contributed by atoms with E-state index in [0.29, 0.717) is 21.8 Å². The van der Waals surface area contributed by atoms with Crippen LogP contribution >= 0.6 is 34.2 Å². The number of ether oxygens (including phenoxy) is 1. The molecule has 2 aromatic rings. The lowest BCUT2D eigenvalue weighted by Gasteiger charge is -2.07. The number of benzene rings is 2. The van der Waals surface area contributed by atoms with Gasteiger partial charge in [0.25, 0.3) is 0 Å². The first-order chi connectivity index (χ1) is 11.2. The molecule has 0 aliphatic rings. The van der Waals surface area contributed by atoms with E-state index in [1.165, 1.54) is 19.2 Å². The van der Waals surface area contributed by atoms with Crippen molar-refractivity contribution in [2.24, 2.45) is 0 Å². The van der Waals surface area contributed by atoms with E-state index < -0.39 is 5.97 Å². The van der Waals surface area contributed by atoms with Gasteiger partial charge < -0.3 is 16.2 Å². The minimum absolute atomic E-state index is 0.307. The van der Waals surface area contributed by atoms with Crippen LogP contribution in [0.1, 0.15) is 27.0 Å². The molecule has 2 rings (SSSR count). The van der Waals surface area contributed by atoms with Crippen molar-refractivity contribution in [2.75, 3.05) is 18.6 Å². The Kier molecular flexibility index (Phi) is 7.32. The maximum atomic E-state index is 11.0. The lowest BCUT2D eigenvalue weighted by molar-refractivity contribution is 0.0601. The lowest BCUT2D eigenvalue weighted by atomic mass is 10.1. The molecule has 7 heteroatoms. The van der Waals surface area contributed by atoms with Crippen LogP contribution in [0.25, 0.3) is 0 Å². The normalized spacial score (nSPS) is 9.50. The Balaban J connectivity index is 0.000000240. The number of esters is 1. The molecule has 126 valence electrons. The quantitative estimate of drug-likeness (QED) is 0.382. The van der Waals surface area contributed by atoms with Crippen molar-refractivity contribution in [3.8, 4) is 6.07 Å². The van der Waals surface area contributed by atoms with Crippen LogP contribution in [-0.2, 0) is 4.74 Å². The van der Waals surface area contributed by atoms with Gasteiger partial charge in [-0.05, 0) is 71.8 Å². The van der Waals surface area contributed by atoms with E-state index in [1.54, 1.807) is 6.07 Å². The molecule has 0 saturated carbocycles. The minimum Gasteiger partial charge on any atom is -0.465 e. The highest BCUT2D eigenvalue weighted by atomic mass is 127. The Hall–Kier alpha value is -1.98. The number of methoxy groups -OCH3 is 1. The van der Waals surface area contributed by atoms with Crippen LogP contribution in [0, 0.1) is 28.7 Å². The molecule has 0 fully saturated rings. The van der Waals surface area contributed by atoms with Gasteiger partial charge in [0.1, 0.15) is 0 Å². The Morgan fingerprint density at radius 3 is 2.42 bits per heavy atom. The second kappa shape index (κ2) is 8.76. The number of nitrogens with two attached hydrogens (primary N) is 2. The number of carbonyl (C=O) groups is 1. The van der Waals surface area contributed by atoms with Crippen LogP contribution in [-0.4, -0.2) is 13.1 Å². The van der Waals surface area contributed by atoms with E-state index in [1.807, 2.05) is 19.9 Å². The summed E-state index contributed by atoms with van der Waals surface area (Å²) in [6, 6.07) is 8.60. The van der Waals surface area contributed by atoms with Gasteiger partial charge in [-0.15, -0.1) is 0 Å². The summed E-state index contributed by atoms with van der Waals surface area (Å²) in [5.74, 6) is -0.458. The van der Waals surface area contributed by atoms with Crippen LogP contribution in [0.15, 0.2) is 24.3 Å². The van der Waals surface area contributed by atoms with Gasteiger partial charge in [-0.2, -0.15) is 5.26 Å². The number of hydrogen-bond acceptors (Lipinski definition) is 5. The van der Waals surface area contributed by atoms with Gasteiger partial charge >= 0.3 is 5.97 Å². The summed E-state index contributed by atoms with van der Waals surface area (Å²) in [5, 5.41) is 9.07. The number of halogens is 2. The maximum absolute atomic E-state index is 11.0. The van der Waals surface area contributed by atoms with E-state index >= 15 is 0 Å². The minimum atomic E-state index is -0.458. The molecule has 0 spiro atoms. The molecule has 0 unspecified atom stereocenters. The third-order valence-corrected chi connectivity index (χ3v) is 4.98. The Labute approximate surface area is 159 Å². The van der Waals surface area contributed by atoms with Crippen LogP contribution in [0.3, 0.4) is 0 Å². The average molecular weight is 458 g/mol. The molecule has 0 aliphatic carbocycles. The number of nitrogen functional groups attached to an aromatic ring is 2. The van der Waals surface area contributed by atoms with Crippen molar-refractivity contribution < 1.29 is 9.53 Å². The van der Waals surface area contributed by atoms with E-state index in [2.05, 4.69) is 33.4 Å². The zero-order valence-electron chi connectivity index (χ0n) is 13.5. The molecule has 2 aromatic carbocycles. The number of hydrogen-bond donors (Lipinski definition) is 2. The first-order valence-corrected chi connectivity index (χ1v) is 8.27. The molecule has 0 radical (unpaired) electrons. The molecule has 0 amide bonds. The highest BCUT2D eigenvalue weighted by molar-refractivity contribution is 14.1. The van der Waals surface area contributed by atoms with Crippen molar-refractivity contribution in [2.45, 2.75) is 13.8 Å². The molecule has 0 atom stereocenters. The van der Waals surface area contributed by atoms with Gasteiger partial charge in [-0.3, -0.25) is 0 Å². The van der Waals surface area contributed by atoms with Crippen LogP contribution in [0.5, 0.6) is 0 Å². The van der Waals surface area contributed by atoms with Crippen LogP contribution in [0.2, 0.25) is 5.02 Å². The zero-order chi connectivity index (χ0) is 18.4. The Morgan fingerprint density at radius 1 is 1.29 bits per heavy atom. The highest BCUT2D eigenvalue weighted by Gasteiger charge is 2.09. The Morgan fingerprint density at radius 2 is 1.92 bits per heavy atom. The van der Waals surface area contributed by atoms with Gasteiger partial charge in [-0.1, -0.05) is 11.6 Å². The summed E-state index contributed by atoms with van der Waals surface area (Å²) in [5.41, 5.74) is 15.5. The molecule has 0 aliphatic heterocycles. The molecule has 24 heavy (non-hydrogen) atoms. The fraction of sp³-hybridized carbons (Fsp3) is 0.176. The van der Waals surface area contributed by atoms with Crippen molar-refractivity contribution >= 4 is 51.5 Å². The van der Waals surface area contributed by atoms with E-state index in [4.69, 9.17) is 28.3 Å². The first kappa shape index (κ1) is 20.1. The van der Waals surface area contributed by atoms with Gasteiger partial charge in [0, 0.05) is 14.9 Å². The van der Waals surface area contributed by atoms with Crippen molar-refractivity contribution in [3.63, 3.8) is 0 Å². The predicted molar refractivity (Wildman–Crippen MR) is 105 cm³/mol. The monoisotopic (exact) mass is 457 g/mol. The van der Waals surface area contributed by atoms with Crippen molar-refractivity contribution in [1.82, 2.24) is 0 Å². The lowest BCUT2D eigenvalue weighted by Crippen LogP contribution is -2.02. The Bertz CT molecular complexity index is 816. The topological polar surface area (TPSA) is 102 Å². The standard InChI is InChI=1S/C9H9IN2.C8H8ClNO2/c1-5-3-7(4-11)6(2)8(10)9(5)12;1-12-8(11)6-3-2-5(10)4-7(6)9/h3H,12H2,1-2H3;2-4H,10H2,1H3. The number of carbonyl (C=O) groups excluding carboxylic acids is 1. The van der Waals surface area contributed by atoms with Gasteiger partial charge in [-0.25, -0.2) is 4.79 Å². The zero-order valence-corrected chi connectivity index (χ0v) is 16.4. The predicted octanol–water partition coefficient (Wildman–Crippen LogP) is 4.07. The average Bonchev–Trinajstić information content (AvgIpc) is 2.56. The highest BCUT2D eigenvalue weighted by Crippen LogP contribution is 2.25. The van der Waals surface area contributed by atoms with Crippen LogP contribution in [0.4, 0.5) is 11.4 Å².